The zero-order valence-electron chi connectivity index (χ0n) is 11.6. The van der Waals surface area contributed by atoms with Crippen LogP contribution >= 0.6 is 11.6 Å². The molecule has 2 nitrogen and oxygen atoms in total. The molecule has 5 heteroatoms. The van der Waals surface area contributed by atoms with Gasteiger partial charge in [-0.1, -0.05) is 31.4 Å². The molecule has 0 aliphatic heterocycles. The Labute approximate surface area is 127 Å². The summed E-state index contributed by atoms with van der Waals surface area (Å²) in [6.45, 7) is 2.17. The topological polar surface area (TPSA) is 43.1 Å². The molecule has 4 atom stereocenters. The molecular formula is C15H21ClFNOS. The highest BCUT2D eigenvalue weighted by atomic mass is 35.5. The molecule has 1 fully saturated rings. The highest BCUT2D eigenvalue weighted by Gasteiger charge is 2.32. The number of halogens is 2. The van der Waals surface area contributed by atoms with Crippen molar-refractivity contribution in [2.24, 2.45) is 11.7 Å². The SMILES string of the molecule is CCCC1CCC(N)C(S(=O)c2ccc(F)c(Cl)c2)C1. The maximum atomic E-state index is 13.2. The average Bonchev–Trinajstić information content (AvgIpc) is 2.43. The quantitative estimate of drug-likeness (QED) is 0.915. The first-order chi connectivity index (χ1) is 9.52. The number of hydrogen-bond donors (Lipinski definition) is 1. The molecule has 0 amide bonds. The summed E-state index contributed by atoms with van der Waals surface area (Å²) in [6, 6.07) is 4.23. The molecule has 112 valence electrons. The van der Waals surface area contributed by atoms with Crippen LogP contribution < -0.4 is 5.73 Å². The van der Waals surface area contributed by atoms with E-state index in [9.17, 15) is 8.60 Å². The van der Waals surface area contributed by atoms with E-state index in [1.807, 2.05) is 0 Å². The number of hydrogen-bond acceptors (Lipinski definition) is 2. The summed E-state index contributed by atoms with van der Waals surface area (Å²) in [5.74, 6) is 0.119. The third-order valence-electron chi connectivity index (χ3n) is 4.05. The predicted molar refractivity (Wildman–Crippen MR) is 81.8 cm³/mol. The number of nitrogens with two attached hydrogens (primary N) is 1. The van der Waals surface area contributed by atoms with E-state index in [2.05, 4.69) is 6.92 Å². The van der Waals surface area contributed by atoms with Gasteiger partial charge in [-0.3, -0.25) is 4.21 Å². The van der Waals surface area contributed by atoms with Gasteiger partial charge in [0.05, 0.1) is 21.1 Å². The van der Waals surface area contributed by atoms with Crippen molar-refractivity contribution in [1.82, 2.24) is 0 Å². The first-order valence-electron chi connectivity index (χ1n) is 7.14. The van der Waals surface area contributed by atoms with Crippen LogP contribution in [0.1, 0.15) is 39.0 Å². The lowest BCUT2D eigenvalue weighted by atomic mass is 9.83. The Morgan fingerprint density at radius 1 is 1.45 bits per heavy atom. The van der Waals surface area contributed by atoms with Gasteiger partial charge in [0.15, 0.2) is 0 Å². The van der Waals surface area contributed by atoms with E-state index in [0.717, 1.165) is 32.1 Å². The van der Waals surface area contributed by atoms with Gasteiger partial charge >= 0.3 is 0 Å². The first kappa shape index (κ1) is 15.9. The Balaban J connectivity index is 2.15. The van der Waals surface area contributed by atoms with Gasteiger partial charge in [-0.15, -0.1) is 0 Å². The van der Waals surface area contributed by atoms with E-state index in [4.69, 9.17) is 17.3 Å². The van der Waals surface area contributed by atoms with Gasteiger partial charge < -0.3 is 5.73 Å². The molecule has 0 radical (unpaired) electrons. The second kappa shape index (κ2) is 7.01. The zero-order valence-corrected chi connectivity index (χ0v) is 13.2. The smallest absolute Gasteiger partial charge is 0.141 e. The van der Waals surface area contributed by atoms with Gasteiger partial charge in [-0.2, -0.15) is 0 Å². The molecule has 1 aliphatic carbocycles. The largest absolute Gasteiger partial charge is 0.327 e. The molecule has 0 aromatic heterocycles. The van der Waals surface area contributed by atoms with Gasteiger partial charge in [0.25, 0.3) is 0 Å². The highest BCUT2D eigenvalue weighted by molar-refractivity contribution is 7.85. The summed E-state index contributed by atoms with van der Waals surface area (Å²) < 4.78 is 25.9. The van der Waals surface area contributed by atoms with E-state index < -0.39 is 16.6 Å². The van der Waals surface area contributed by atoms with Gasteiger partial charge in [-0.05, 0) is 43.4 Å². The summed E-state index contributed by atoms with van der Waals surface area (Å²) in [4.78, 5) is 0.578. The lowest BCUT2D eigenvalue weighted by Gasteiger charge is -2.33. The second-order valence-corrected chi connectivity index (χ2v) is 7.62. The standard InChI is InChI=1S/C15H21ClFNOS/c1-2-3-10-4-7-14(18)15(8-10)20(19)11-5-6-13(17)12(16)9-11/h5-6,9-10,14-15H,2-4,7-8,18H2,1H3. The van der Waals surface area contributed by atoms with Crippen molar-refractivity contribution in [2.45, 2.75) is 55.2 Å². The minimum atomic E-state index is -1.22. The van der Waals surface area contributed by atoms with Crippen molar-refractivity contribution in [2.75, 3.05) is 0 Å². The summed E-state index contributed by atoms with van der Waals surface area (Å²) >= 11 is 5.77. The van der Waals surface area contributed by atoms with Crippen LogP contribution in [0.4, 0.5) is 4.39 Å². The number of benzene rings is 1. The van der Waals surface area contributed by atoms with Crippen molar-refractivity contribution in [1.29, 1.82) is 0 Å². The molecule has 0 bridgehead atoms. The Hall–Kier alpha value is -0.450. The molecule has 1 saturated carbocycles. The molecule has 2 rings (SSSR count). The predicted octanol–water partition coefficient (Wildman–Crippen LogP) is 3.88. The van der Waals surface area contributed by atoms with Crippen LogP contribution in [-0.2, 0) is 10.8 Å². The Bertz CT molecular complexity index is 497. The average molecular weight is 318 g/mol. The third-order valence-corrected chi connectivity index (χ3v) is 6.15. The summed E-state index contributed by atoms with van der Waals surface area (Å²) in [5, 5.41) is -0.0350. The molecule has 2 N–H and O–H groups in total. The maximum absolute atomic E-state index is 13.2. The van der Waals surface area contributed by atoms with Crippen molar-refractivity contribution in [3.8, 4) is 0 Å². The fourth-order valence-electron chi connectivity index (χ4n) is 2.93. The molecule has 1 aromatic rings. The van der Waals surface area contributed by atoms with E-state index in [1.54, 1.807) is 6.07 Å². The Morgan fingerprint density at radius 2 is 2.20 bits per heavy atom. The van der Waals surface area contributed by atoms with Gasteiger partial charge in [0.1, 0.15) is 5.82 Å². The van der Waals surface area contributed by atoms with Crippen molar-refractivity contribution >= 4 is 22.4 Å². The fraction of sp³-hybridized carbons (Fsp3) is 0.600. The normalized spacial score (nSPS) is 28.3. The molecule has 1 aromatic carbocycles. The molecular weight excluding hydrogens is 297 g/mol. The molecule has 1 aliphatic rings. The van der Waals surface area contributed by atoms with Crippen LogP contribution in [0, 0.1) is 11.7 Å². The zero-order chi connectivity index (χ0) is 14.7. The van der Waals surface area contributed by atoms with Crippen LogP contribution in [0.5, 0.6) is 0 Å². The van der Waals surface area contributed by atoms with Crippen molar-refractivity contribution < 1.29 is 8.60 Å². The molecule has 0 saturated heterocycles. The summed E-state index contributed by atoms with van der Waals surface area (Å²) in [5.41, 5.74) is 6.14. The van der Waals surface area contributed by atoms with Crippen LogP contribution in [0.15, 0.2) is 23.1 Å². The van der Waals surface area contributed by atoms with Gasteiger partial charge in [-0.25, -0.2) is 4.39 Å². The molecule has 0 heterocycles. The van der Waals surface area contributed by atoms with E-state index >= 15 is 0 Å². The third kappa shape index (κ3) is 3.60. The lowest BCUT2D eigenvalue weighted by Crippen LogP contribution is -2.43. The second-order valence-electron chi connectivity index (χ2n) is 5.54. The van der Waals surface area contributed by atoms with E-state index in [1.165, 1.54) is 12.1 Å². The van der Waals surface area contributed by atoms with E-state index in [0.29, 0.717) is 10.8 Å². The van der Waals surface area contributed by atoms with Gasteiger partial charge in [0, 0.05) is 10.9 Å². The highest BCUT2D eigenvalue weighted by Crippen LogP contribution is 2.32. The Kier molecular flexibility index (Phi) is 5.58. The Morgan fingerprint density at radius 3 is 2.85 bits per heavy atom. The van der Waals surface area contributed by atoms with Crippen molar-refractivity contribution in [3.05, 3.63) is 29.0 Å². The first-order valence-corrected chi connectivity index (χ1v) is 8.73. The van der Waals surface area contributed by atoms with Crippen molar-refractivity contribution in [3.63, 3.8) is 0 Å². The van der Waals surface area contributed by atoms with Crippen LogP contribution in [-0.4, -0.2) is 15.5 Å². The van der Waals surface area contributed by atoms with E-state index in [-0.39, 0.29) is 16.3 Å². The molecule has 4 unspecified atom stereocenters. The molecule has 0 spiro atoms. The minimum absolute atomic E-state index is 0.0188. The molecule has 20 heavy (non-hydrogen) atoms. The maximum Gasteiger partial charge on any atom is 0.141 e. The number of rotatable bonds is 4. The monoisotopic (exact) mass is 317 g/mol. The van der Waals surface area contributed by atoms with Gasteiger partial charge in [0.2, 0.25) is 0 Å². The summed E-state index contributed by atoms with van der Waals surface area (Å²) in [6.07, 6.45) is 5.21. The van der Waals surface area contributed by atoms with Crippen LogP contribution in [0.2, 0.25) is 5.02 Å². The fourth-order valence-corrected chi connectivity index (χ4v) is 4.86. The van der Waals surface area contributed by atoms with Crippen LogP contribution in [0.25, 0.3) is 0 Å². The lowest BCUT2D eigenvalue weighted by molar-refractivity contribution is 0.313. The van der Waals surface area contributed by atoms with Crippen LogP contribution in [0.3, 0.4) is 0 Å². The minimum Gasteiger partial charge on any atom is -0.327 e. The summed E-state index contributed by atoms with van der Waals surface area (Å²) in [7, 11) is -1.22.